The van der Waals surface area contributed by atoms with Crippen LogP contribution in [0.3, 0.4) is 0 Å². The molecule has 8 heteroatoms. The van der Waals surface area contributed by atoms with Crippen LogP contribution in [0, 0.1) is 17.5 Å². The molecule has 0 radical (unpaired) electrons. The van der Waals surface area contributed by atoms with Gasteiger partial charge in [-0.25, -0.2) is 18.2 Å². The van der Waals surface area contributed by atoms with E-state index in [0.717, 1.165) is 0 Å². The molecule has 0 aliphatic rings. The van der Waals surface area contributed by atoms with Gasteiger partial charge >= 0.3 is 6.18 Å². The fraction of sp³-hybridized carbons (Fsp3) is 0.308. The van der Waals surface area contributed by atoms with Crippen LogP contribution in [0.4, 0.5) is 32.0 Å². The molecule has 0 spiro atoms. The summed E-state index contributed by atoms with van der Waals surface area (Å²) in [5, 5.41) is 1.90. The number of hydrogen-bond acceptors (Lipinski definition) is 2. The zero-order valence-electron chi connectivity index (χ0n) is 10.8. The van der Waals surface area contributed by atoms with Crippen molar-refractivity contribution < 1.29 is 26.3 Å². The average Bonchev–Trinajstić information content (AvgIpc) is 2.40. The Labute approximate surface area is 115 Å². The van der Waals surface area contributed by atoms with Gasteiger partial charge in [0, 0.05) is 18.3 Å². The standard InChI is InChI=1S/C13H10F6N2/c1-2-3-20-8-5-9(13(17,18)19)21-12-7(15)4-6(14)11(16)10(8)12/h4-5H,2-3H2,1H3,(H,20,21). The van der Waals surface area contributed by atoms with Gasteiger partial charge in [0.05, 0.1) is 5.39 Å². The summed E-state index contributed by atoms with van der Waals surface area (Å²) in [5.74, 6) is -4.28. The molecule has 0 bridgehead atoms. The van der Waals surface area contributed by atoms with E-state index in [1.54, 1.807) is 6.92 Å². The second-order valence-electron chi connectivity index (χ2n) is 4.36. The summed E-state index contributed by atoms with van der Waals surface area (Å²) >= 11 is 0. The van der Waals surface area contributed by atoms with Gasteiger partial charge in [-0.2, -0.15) is 13.2 Å². The second-order valence-corrected chi connectivity index (χ2v) is 4.36. The van der Waals surface area contributed by atoms with Crippen molar-refractivity contribution >= 4 is 16.6 Å². The summed E-state index contributed by atoms with van der Waals surface area (Å²) in [6.07, 6.45) is -4.29. The first-order valence-electron chi connectivity index (χ1n) is 6.05. The maximum atomic E-state index is 13.8. The van der Waals surface area contributed by atoms with Crippen molar-refractivity contribution in [3.05, 3.63) is 35.3 Å². The Morgan fingerprint density at radius 3 is 2.33 bits per heavy atom. The molecule has 114 valence electrons. The van der Waals surface area contributed by atoms with Crippen LogP contribution in [0.25, 0.3) is 10.9 Å². The summed E-state index contributed by atoms with van der Waals surface area (Å²) in [6.45, 7) is 1.95. The van der Waals surface area contributed by atoms with Crippen molar-refractivity contribution in [2.75, 3.05) is 11.9 Å². The Kier molecular flexibility index (Phi) is 3.97. The topological polar surface area (TPSA) is 24.9 Å². The van der Waals surface area contributed by atoms with E-state index < -0.39 is 40.2 Å². The van der Waals surface area contributed by atoms with Gasteiger partial charge in [-0.05, 0) is 12.5 Å². The molecule has 1 heterocycles. The Morgan fingerprint density at radius 1 is 1.10 bits per heavy atom. The lowest BCUT2D eigenvalue weighted by Crippen LogP contribution is -2.12. The van der Waals surface area contributed by atoms with Gasteiger partial charge < -0.3 is 5.32 Å². The molecule has 0 aliphatic carbocycles. The van der Waals surface area contributed by atoms with Crippen LogP contribution < -0.4 is 5.32 Å². The third kappa shape index (κ3) is 2.88. The van der Waals surface area contributed by atoms with Gasteiger partial charge in [0.2, 0.25) is 0 Å². The summed E-state index contributed by atoms with van der Waals surface area (Å²) in [4.78, 5) is 3.07. The molecule has 0 aliphatic heterocycles. The first-order chi connectivity index (χ1) is 9.75. The maximum absolute atomic E-state index is 13.8. The number of halogens is 6. The van der Waals surface area contributed by atoms with Crippen LogP contribution in [-0.2, 0) is 6.18 Å². The number of rotatable bonds is 3. The third-order valence-corrected chi connectivity index (χ3v) is 2.78. The highest BCUT2D eigenvalue weighted by Crippen LogP contribution is 2.35. The van der Waals surface area contributed by atoms with Crippen LogP contribution >= 0.6 is 0 Å². The van der Waals surface area contributed by atoms with Crippen molar-refractivity contribution in [2.45, 2.75) is 19.5 Å². The number of benzene rings is 1. The highest BCUT2D eigenvalue weighted by atomic mass is 19.4. The van der Waals surface area contributed by atoms with E-state index in [1.807, 2.05) is 0 Å². The molecule has 0 amide bonds. The lowest BCUT2D eigenvalue weighted by atomic mass is 10.1. The van der Waals surface area contributed by atoms with Crippen LogP contribution in [-0.4, -0.2) is 11.5 Å². The molecule has 0 saturated heterocycles. The van der Waals surface area contributed by atoms with Crippen LogP contribution in [0.1, 0.15) is 19.0 Å². The van der Waals surface area contributed by atoms with Gasteiger partial charge in [-0.1, -0.05) is 6.92 Å². The highest BCUT2D eigenvalue weighted by Gasteiger charge is 2.34. The van der Waals surface area contributed by atoms with Gasteiger partial charge in [-0.3, -0.25) is 0 Å². The molecule has 1 N–H and O–H groups in total. The van der Waals surface area contributed by atoms with Crippen molar-refractivity contribution in [3.8, 4) is 0 Å². The summed E-state index contributed by atoms with van der Waals surface area (Å²) in [7, 11) is 0. The van der Waals surface area contributed by atoms with Crippen molar-refractivity contribution in [3.63, 3.8) is 0 Å². The minimum Gasteiger partial charge on any atom is -0.384 e. The largest absolute Gasteiger partial charge is 0.433 e. The van der Waals surface area contributed by atoms with Crippen LogP contribution in [0.5, 0.6) is 0 Å². The zero-order chi connectivity index (χ0) is 15.8. The van der Waals surface area contributed by atoms with E-state index in [2.05, 4.69) is 10.3 Å². The molecular formula is C13H10F6N2. The molecular weight excluding hydrogens is 298 g/mol. The molecule has 1 aromatic heterocycles. The first kappa shape index (κ1) is 15.4. The normalized spacial score (nSPS) is 12.0. The van der Waals surface area contributed by atoms with Gasteiger partial charge in [-0.15, -0.1) is 0 Å². The Balaban J connectivity index is 2.81. The minimum absolute atomic E-state index is 0.175. The summed E-state index contributed by atoms with van der Waals surface area (Å²) in [6, 6.07) is 0.717. The van der Waals surface area contributed by atoms with Crippen LogP contribution in [0.2, 0.25) is 0 Å². The van der Waals surface area contributed by atoms with E-state index in [1.165, 1.54) is 0 Å². The van der Waals surface area contributed by atoms with Gasteiger partial charge in [0.15, 0.2) is 17.5 Å². The molecule has 0 unspecified atom stereocenters. The number of pyridine rings is 1. The second kappa shape index (κ2) is 5.42. The fourth-order valence-electron chi connectivity index (χ4n) is 1.85. The number of anilines is 1. The number of fused-ring (bicyclic) bond motifs is 1. The van der Waals surface area contributed by atoms with Crippen molar-refractivity contribution in [1.29, 1.82) is 0 Å². The molecule has 0 atom stereocenters. The van der Waals surface area contributed by atoms with E-state index in [-0.39, 0.29) is 18.3 Å². The molecule has 0 saturated carbocycles. The Hall–Kier alpha value is -1.99. The summed E-state index contributed by atoms with van der Waals surface area (Å²) in [5.41, 5.74) is -2.58. The molecule has 0 fully saturated rings. The predicted octanol–water partition coefficient (Wildman–Crippen LogP) is 4.49. The minimum atomic E-state index is -4.83. The monoisotopic (exact) mass is 308 g/mol. The number of hydrogen-bond donors (Lipinski definition) is 1. The highest BCUT2D eigenvalue weighted by molar-refractivity contribution is 5.92. The summed E-state index contributed by atoms with van der Waals surface area (Å²) < 4.78 is 78.9. The van der Waals surface area contributed by atoms with Gasteiger partial charge in [0.1, 0.15) is 11.2 Å². The number of nitrogens with one attached hydrogen (secondary N) is 1. The fourth-order valence-corrected chi connectivity index (χ4v) is 1.85. The Morgan fingerprint density at radius 2 is 1.76 bits per heavy atom. The van der Waals surface area contributed by atoms with E-state index in [9.17, 15) is 26.3 Å². The van der Waals surface area contributed by atoms with Crippen molar-refractivity contribution in [2.24, 2.45) is 0 Å². The first-order valence-corrected chi connectivity index (χ1v) is 6.05. The SMILES string of the molecule is CCCNc1cc(C(F)(F)F)nc2c(F)cc(F)c(F)c12. The molecule has 2 nitrogen and oxygen atoms in total. The molecule has 21 heavy (non-hydrogen) atoms. The number of aromatic nitrogens is 1. The van der Waals surface area contributed by atoms with E-state index in [4.69, 9.17) is 0 Å². The lowest BCUT2D eigenvalue weighted by molar-refractivity contribution is -0.140. The maximum Gasteiger partial charge on any atom is 0.433 e. The lowest BCUT2D eigenvalue weighted by Gasteiger charge is -2.14. The zero-order valence-corrected chi connectivity index (χ0v) is 10.8. The smallest absolute Gasteiger partial charge is 0.384 e. The molecule has 2 aromatic rings. The molecule has 2 rings (SSSR count). The quantitative estimate of drug-likeness (QED) is 0.667. The van der Waals surface area contributed by atoms with Crippen LogP contribution in [0.15, 0.2) is 12.1 Å². The Bertz CT molecular complexity index is 681. The van der Waals surface area contributed by atoms with E-state index >= 15 is 0 Å². The predicted molar refractivity (Wildman–Crippen MR) is 65.4 cm³/mol. The third-order valence-electron chi connectivity index (χ3n) is 2.78. The van der Waals surface area contributed by atoms with Crippen molar-refractivity contribution in [1.82, 2.24) is 4.98 Å². The number of nitrogens with zero attached hydrogens (tertiary/aromatic N) is 1. The average molecular weight is 308 g/mol. The van der Waals surface area contributed by atoms with Gasteiger partial charge in [0.25, 0.3) is 0 Å². The number of alkyl halides is 3. The molecule has 1 aromatic carbocycles. The van der Waals surface area contributed by atoms with E-state index in [0.29, 0.717) is 12.5 Å².